The number of unbranched alkanes of at least 4 members (excludes halogenated alkanes) is 6. The summed E-state index contributed by atoms with van der Waals surface area (Å²) in [6.45, 7) is 4.55. The topological polar surface area (TPSA) is 52.0 Å². The van der Waals surface area contributed by atoms with E-state index in [1.54, 1.807) is 0 Å². The Kier molecular flexibility index (Phi) is 10.2. The zero-order valence-corrected chi connectivity index (χ0v) is 21.1. The SMILES string of the molecule is CCCCC/C=C/C1=CC(/C=C/CCCCC)(C2CCCC2)C(N)=C(C2CCCC2)C1N. The molecule has 32 heavy (non-hydrogen) atoms. The molecule has 2 saturated carbocycles. The van der Waals surface area contributed by atoms with Crippen LogP contribution in [0.5, 0.6) is 0 Å². The summed E-state index contributed by atoms with van der Waals surface area (Å²) >= 11 is 0. The van der Waals surface area contributed by atoms with Gasteiger partial charge >= 0.3 is 0 Å². The molecule has 0 heterocycles. The molecule has 3 aliphatic rings. The maximum Gasteiger partial charge on any atom is 0.0531 e. The summed E-state index contributed by atoms with van der Waals surface area (Å²) in [6.07, 6.45) is 32.7. The van der Waals surface area contributed by atoms with Gasteiger partial charge in [0.05, 0.1) is 6.04 Å². The molecular formula is C30H50N2. The Labute approximate surface area is 198 Å². The number of hydrogen-bond donors (Lipinski definition) is 2. The summed E-state index contributed by atoms with van der Waals surface area (Å²) in [5.74, 6) is 1.20. The van der Waals surface area contributed by atoms with Crippen LogP contribution in [0.4, 0.5) is 0 Å². The molecule has 2 unspecified atom stereocenters. The Bertz CT molecular complexity index is 686. The van der Waals surface area contributed by atoms with E-state index in [4.69, 9.17) is 11.5 Å². The lowest BCUT2D eigenvalue weighted by atomic mass is 9.63. The van der Waals surface area contributed by atoms with Gasteiger partial charge in [0.1, 0.15) is 0 Å². The third-order valence-electron chi connectivity index (χ3n) is 8.36. The normalized spacial score (nSPS) is 28.0. The third-order valence-corrected chi connectivity index (χ3v) is 8.36. The molecule has 4 N–H and O–H groups in total. The van der Waals surface area contributed by atoms with Crippen molar-refractivity contribution >= 4 is 0 Å². The number of hydrogen-bond acceptors (Lipinski definition) is 2. The average Bonchev–Trinajstić information content (AvgIpc) is 3.51. The standard InChI is InChI=1S/C30H50N2/c1-3-5-7-9-11-19-25-23-30(26-20-14-15-21-26,22-16-10-8-6-4-2)29(32)27(28(25)31)24-17-12-13-18-24/h11,16,19,22-24,26,28H,3-10,12-15,17-18,20-21,31-32H2,1-2H3/b19-11+,22-16+. The summed E-state index contributed by atoms with van der Waals surface area (Å²) in [5, 5.41) is 0. The summed E-state index contributed by atoms with van der Waals surface area (Å²) in [4.78, 5) is 0. The Balaban J connectivity index is 1.97. The van der Waals surface area contributed by atoms with Crippen LogP contribution in [-0.4, -0.2) is 6.04 Å². The van der Waals surface area contributed by atoms with Gasteiger partial charge < -0.3 is 11.5 Å². The predicted octanol–water partition coefficient (Wildman–Crippen LogP) is 8.11. The van der Waals surface area contributed by atoms with Gasteiger partial charge in [-0.3, -0.25) is 0 Å². The van der Waals surface area contributed by atoms with Crippen LogP contribution < -0.4 is 11.5 Å². The van der Waals surface area contributed by atoms with Crippen LogP contribution in [0.25, 0.3) is 0 Å². The lowest BCUT2D eigenvalue weighted by molar-refractivity contribution is 0.333. The fourth-order valence-electron chi connectivity index (χ4n) is 6.44. The quantitative estimate of drug-likeness (QED) is 0.239. The first-order valence-electron chi connectivity index (χ1n) is 14.0. The molecular weight excluding hydrogens is 388 g/mol. The lowest BCUT2D eigenvalue weighted by Gasteiger charge is -2.43. The minimum absolute atomic E-state index is 0.0245. The van der Waals surface area contributed by atoms with E-state index in [9.17, 15) is 0 Å². The van der Waals surface area contributed by atoms with Gasteiger partial charge in [0.15, 0.2) is 0 Å². The second-order valence-electron chi connectivity index (χ2n) is 10.7. The van der Waals surface area contributed by atoms with Crippen molar-refractivity contribution < 1.29 is 0 Å². The van der Waals surface area contributed by atoms with Gasteiger partial charge in [0.25, 0.3) is 0 Å². The molecule has 2 fully saturated rings. The van der Waals surface area contributed by atoms with Crippen molar-refractivity contribution in [1.29, 1.82) is 0 Å². The second-order valence-corrected chi connectivity index (χ2v) is 10.7. The van der Waals surface area contributed by atoms with Gasteiger partial charge in [-0.1, -0.05) is 95.6 Å². The van der Waals surface area contributed by atoms with Crippen molar-refractivity contribution in [2.24, 2.45) is 28.7 Å². The highest BCUT2D eigenvalue weighted by molar-refractivity contribution is 5.49. The van der Waals surface area contributed by atoms with Gasteiger partial charge in [-0.25, -0.2) is 0 Å². The Hall–Kier alpha value is -1.28. The summed E-state index contributed by atoms with van der Waals surface area (Å²) in [7, 11) is 0. The lowest BCUT2D eigenvalue weighted by Crippen LogP contribution is -2.43. The van der Waals surface area contributed by atoms with E-state index in [1.807, 2.05) is 0 Å². The molecule has 2 heteroatoms. The number of rotatable bonds is 12. The van der Waals surface area contributed by atoms with Crippen molar-refractivity contribution in [1.82, 2.24) is 0 Å². The zero-order valence-electron chi connectivity index (χ0n) is 21.1. The van der Waals surface area contributed by atoms with Crippen LogP contribution in [0.3, 0.4) is 0 Å². The molecule has 0 aromatic heterocycles. The minimum atomic E-state index is -0.125. The van der Waals surface area contributed by atoms with Gasteiger partial charge in [0, 0.05) is 11.1 Å². The summed E-state index contributed by atoms with van der Waals surface area (Å²) in [5.41, 5.74) is 17.9. The van der Waals surface area contributed by atoms with Crippen molar-refractivity contribution in [3.05, 3.63) is 47.2 Å². The smallest absolute Gasteiger partial charge is 0.0531 e. The zero-order chi connectivity index (χ0) is 22.8. The predicted molar refractivity (Wildman–Crippen MR) is 140 cm³/mol. The monoisotopic (exact) mass is 438 g/mol. The first kappa shape index (κ1) is 25.3. The molecule has 0 aromatic carbocycles. The van der Waals surface area contributed by atoms with E-state index in [0.717, 1.165) is 18.5 Å². The van der Waals surface area contributed by atoms with Crippen LogP contribution in [-0.2, 0) is 0 Å². The van der Waals surface area contributed by atoms with E-state index in [1.165, 1.54) is 101 Å². The molecule has 0 bridgehead atoms. The molecule has 0 spiro atoms. The maximum absolute atomic E-state index is 7.19. The number of allylic oxidation sites excluding steroid dienone is 3. The maximum atomic E-state index is 7.19. The van der Waals surface area contributed by atoms with Crippen LogP contribution >= 0.6 is 0 Å². The van der Waals surface area contributed by atoms with Gasteiger partial charge in [-0.2, -0.15) is 0 Å². The second kappa shape index (κ2) is 12.8. The first-order valence-corrected chi connectivity index (χ1v) is 14.0. The summed E-state index contributed by atoms with van der Waals surface area (Å²) < 4.78 is 0. The van der Waals surface area contributed by atoms with Crippen molar-refractivity contribution in [3.63, 3.8) is 0 Å². The van der Waals surface area contributed by atoms with Crippen LogP contribution in [0.2, 0.25) is 0 Å². The molecule has 2 nitrogen and oxygen atoms in total. The highest BCUT2D eigenvalue weighted by atomic mass is 14.7. The Morgan fingerprint density at radius 2 is 1.47 bits per heavy atom. The molecule has 0 saturated heterocycles. The van der Waals surface area contributed by atoms with Gasteiger partial charge in [-0.05, 0) is 74.3 Å². The fourth-order valence-corrected chi connectivity index (χ4v) is 6.44. The van der Waals surface area contributed by atoms with Gasteiger partial charge in [-0.15, -0.1) is 0 Å². The van der Waals surface area contributed by atoms with Crippen LogP contribution in [0.15, 0.2) is 47.2 Å². The molecule has 0 amide bonds. The van der Waals surface area contributed by atoms with E-state index in [-0.39, 0.29) is 11.5 Å². The van der Waals surface area contributed by atoms with Crippen molar-refractivity contribution in [3.8, 4) is 0 Å². The molecule has 0 radical (unpaired) electrons. The van der Waals surface area contributed by atoms with Crippen molar-refractivity contribution in [2.75, 3.05) is 0 Å². The average molecular weight is 439 g/mol. The first-order chi connectivity index (χ1) is 15.6. The molecule has 0 aromatic rings. The molecule has 2 atom stereocenters. The molecule has 0 aliphatic heterocycles. The third kappa shape index (κ3) is 5.99. The van der Waals surface area contributed by atoms with Crippen LogP contribution in [0.1, 0.15) is 117 Å². The molecule has 3 aliphatic carbocycles. The molecule has 180 valence electrons. The van der Waals surface area contributed by atoms with E-state index < -0.39 is 0 Å². The Morgan fingerprint density at radius 1 is 0.875 bits per heavy atom. The van der Waals surface area contributed by atoms with Crippen molar-refractivity contribution in [2.45, 2.75) is 123 Å². The Morgan fingerprint density at radius 3 is 2.09 bits per heavy atom. The van der Waals surface area contributed by atoms with Crippen LogP contribution in [0, 0.1) is 17.3 Å². The highest BCUT2D eigenvalue weighted by Crippen LogP contribution is 2.52. The summed E-state index contributed by atoms with van der Waals surface area (Å²) in [6, 6.07) is -0.0245. The largest absolute Gasteiger partial charge is 0.401 e. The van der Waals surface area contributed by atoms with E-state index in [2.05, 4.69) is 44.2 Å². The fraction of sp³-hybridized carbons (Fsp3) is 0.733. The molecule has 3 rings (SSSR count). The van der Waals surface area contributed by atoms with E-state index in [0.29, 0.717) is 11.8 Å². The van der Waals surface area contributed by atoms with E-state index >= 15 is 0 Å². The highest BCUT2D eigenvalue weighted by Gasteiger charge is 2.45. The number of nitrogens with two attached hydrogens (primary N) is 2. The van der Waals surface area contributed by atoms with Gasteiger partial charge in [0.2, 0.25) is 0 Å². The minimum Gasteiger partial charge on any atom is -0.401 e.